The van der Waals surface area contributed by atoms with Crippen LogP contribution in [-0.2, 0) is 19.2 Å². The molecule has 2 aliphatic heterocycles. The fraction of sp³-hybridized carbons (Fsp3) is 0.278. The van der Waals surface area contributed by atoms with Crippen LogP contribution in [0.2, 0.25) is 0 Å². The van der Waals surface area contributed by atoms with Crippen molar-refractivity contribution in [2.45, 2.75) is 17.8 Å². The lowest BCUT2D eigenvalue weighted by molar-refractivity contribution is -0.150. The minimum absolute atomic E-state index is 0.0819. The number of carbonyl (C=O) groups is 4. The number of nitrogens with zero attached hydrogens (tertiary/aromatic N) is 2. The normalized spacial score (nSPS) is 21.2. The highest BCUT2D eigenvalue weighted by molar-refractivity contribution is 8.00. The van der Waals surface area contributed by atoms with E-state index in [2.05, 4.69) is 10.3 Å². The van der Waals surface area contributed by atoms with E-state index in [9.17, 15) is 37.5 Å². The van der Waals surface area contributed by atoms with Crippen LogP contribution in [0.5, 0.6) is 0 Å². The van der Waals surface area contributed by atoms with Gasteiger partial charge < -0.3 is 21.3 Å². The number of anilines is 1. The number of nitrogen functional groups attached to an aromatic ring is 1. The van der Waals surface area contributed by atoms with Gasteiger partial charge in [0.1, 0.15) is 23.8 Å². The monoisotopic (exact) mass is 504 g/mol. The van der Waals surface area contributed by atoms with Gasteiger partial charge in [-0.05, 0) is 0 Å². The number of aromatic nitrogens is 1. The third kappa shape index (κ3) is 4.73. The van der Waals surface area contributed by atoms with Crippen LogP contribution < -0.4 is 11.1 Å². The van der Waals surface area contributed by atoms with Gasteiger partial charge in [-0.1, -0.05) is 6.08 Å². The van der Waals surface area contributed by atoms with E-state index >= 15 is 0 Å². The SMILES string of the molecule is Nc1nc(/C(=C\CC(=O)O)C(=O)N[C@@H]2C(=O)N3C(C(=O)O)=C(/C(F)=C(/F)CF)CS[C@H]23)cs1. The lowest BCUT2D eigenvalue weighted by Gasteiger charge is -2.49. The number of rotatable bonds is 8. The summed E-state index contributed by atoms with van der Waals surface area (Å²) in [6.45, 7) is -1.78. The number of amides is 2. The summed E-state index contributed by atoms with van der Waals surface area (Å²) < 4.78 is 40.0. The maximum atomic E-state index is 14.1. The molecule has 176 valence electrons. The number of alkyl halides is 1. The van der Waals surface area contributed by atoms with Gasteiger partial charge in [0.05, 0.1) is 17.7 Å². The lowest BCUT2D eigenvalue weighted by atomic mass is 10.0. The smallest absolute Gasteiger partial charge is 0.353 e. The van der Waals surface area contributed by atoms with Crippen molar-refractivity contribution in [3.05, 3.63) is 40.1 Å². The second-order valence-electron chi connectivity index (χ2n) is 6.63. The van der Waals surface area contributed by atoms with Crippen LogP contribution in [0, 0.1) is 0 Å². The molecular weight excluding hydrogens is 489 g/mol. The standard InChI is InChI=1S/C18H15F3N4O6S2/c19-3-8(20)11(21)7-4-32-16-12(15(29)25(16)13(7)17(30)31)24-14(28)6(1-2-10(26)27)9-5-33-18(22)23-9/h1,5,12,16H,2-4H2,(H2,22,23)(H,24,28)(H,26,27)(H,30,31)/b6-1+,11-8-/t12-,16-/m1/s1. The summed E-state index contributed by atoms with van der Waals surface area (Å²) in [4.78, 5) is 52.6. The van der Waals surface area contributed by atoms with Gasteiger partial charge in [-0.15, -0.1) is 23.1 Å². The molecule has 1 aromatic rings. The number of carboxylic acid groups (broad SMARTS) is 2. The molecule has 2 atom stereocenters. The van der Waals surface area contributed by atoms with Crippen molar-refractivity contribution in [1.29, 1.82) is 0 Å². The number of halogens is 3. The van der Waals surface area contributed by atoms with E-state index in [0.29, 0.717) is 4.90 Å². The Morgan fingerprint density at radius 2 is 2.03 bits per heavy atom. The molecular formula is C18H15F3N4O6S2. The topological polar surface area (TPSA) is 163 Å². The average molecular weight is 504 g/mol. The Morgan fingerprint density at radius 1 is 1.33 bits per heavy atom. The van der Waals surface area contributed by atoms with Crippen molar-refractivity contribution in [3.63, 3.8) is 0 Å². The van der Waals surface area contributed by atoms with Gasteiger partial charge >= 0.3 is 11.9 Å². The van der Waals surface area contributed by atoms with E-state index < -0.39 is 76.9 Å². The van der Waals surface area contributed by atoms with Crippen LogP contribution in [0.1, 0.15) is 12.1 Å². The molecule has 33 heavy (non-hydrogen) atoms. The maximum Gasteiger partial charge on any atom is 0.353 e. The number of nitrogens with one attached hydrogen (secondary N) is 1. The Kier molecular flexibility index (Phi) is 7.12. The molecule has 2 aliphatic rings. The molecule has 1 aromatic heterocycles. The predicted octanol–water partition coefficient (Wildman–Crippen LogP) is 1.44. The molecule has 15 heteroatoms. The van der Waals surface area contributed by atoms with Crippen LogP contribution >= 0.6 is 23.1 Å². The van der Waals surface area contributed by atoms with Gasteiger partial charge in [-0.2, -0.15) is 0 Å². The van der Waals surface area contributed by atoms with E-state index in [0.717, 1.165) is 29.2 Å². The molecule has 0 aromatic carbocycles. The molecule has 0 aliphatic carbocycles. The summed E-state index contributed by atoms with van der Waals surface area (Å²) in [6, 6.07) is -1.24. The highest BCUT2D eigenvalue weighted by atomic mass is 32.2. The minimum atomic E-state index is -1.80. The number of carboxylic acids is 2. The van der Waals surface area contributed by atoms with Crippen LogP contribution in [0.3, 0.4) is 0 Å². The zero-order chi connectivity index (χ0) is 24.4. The van der Waals surface area contributed by atoms with Crippen molar-refractivity contribution in [2.24, 2.45) is 0 Å². The summed E-state index contributed by atoms with van der Waals surface area (Å²) in [5, 5.41) is 21.3. The Bertz CT molecular complexity index is 1130. The van der Waals surface area contributed by atoms with E-state index in [1.165, 1.54) is 5.38 Å². The average Bonchev–Trinajstić information content (AvgIpc) is 3.20. The molecule has 10 nitrogen and oxygen atoms in total. The maximum absolute atomic E-state index is 14.1. The molecule has 0 spiro atoms. The van der Waals surface area contributed by atoms with Gasteiger partial charge in [0.25, 0.3) is 11.8 Å². The second-order valence-corrected chi connectivity index (χ2v) is 8.63. The third-order valence-corrected chi connectivity index (χ3v) is 6.55. The first kappa shape index (κ1) is 24.3. The zero-order valence-electron chi connectivity index (χ0n) is 16.4. The first-order chi connectivity index (χ1) is 15.6. The molecule has 0 bridgehead atoms. The van der Waals surface area contributed by atoms with E-state index in [-0.39, 0.29) is 16.4 Å². The summed E-state index contributed by atoms with van der Waals surface area (Å²) >= 11 is 1.84. The summed E-state index contributed by atoms with van der Waals surface area (Å²) in [7, 11) is 0. The highest BCUT2D eigenvalue weighted by Crippen LogP contribution is 2.43. The number of hydrogen-bond acceptors (Lipinski definition) is 8. The van der Waals surface area contributed by atoms with Crippen LogP contribution in [0.4, 0.5) is 18.3 Å². The van der Waals surface area contributed by atoms with Gasteiger partial charge in [0.15, 0.2) is 16.8 Å². The largest absolute Gasteiger partial charge is 0.481 e. The van der Waals surface area contributed by atoms with Crippen LogP contribution in [0.25, 0.3) is 5.57 Å². The quantitative estimate of drug-likeness (QED) is 0.303. The predicted molar refractivity (Wildman–Crippen MR) is 112 cm³/mol. The first-order valence-corrected chi connectivity index (χ1v) is 10.9. The van der Waals surface area contributed by atoms with Crippen molar-refractivity contribution in [3.8, 4) is 0 Å². The number of aliphatic carboxylic acids is 2. The van der Waals surface area contributed by atoms with Crippen molar-refractivity contribution in [2.75, 3.05) is 18.2 Å². The fourth-order valence-electron chi connectivity index (χ4n) is 3.14. The number of fused-ring (bicyclic) bond motifs is 1. The second kappa shape index (κ2) is 9.66. The number of thiazole rings is 1. The minimum Gasteiger partial charge on any atom is -0.481 e. The van der Waals surface area contributed by atoms with Gasteiger partial charge in [-0.3, -0.25) is 19.3 Å². The number of carbonyl (C=O) groups excluding carboxylic acids is 2. The molecule has 1 saturated heterocycles. The zero-order valence-corrected chi connectivity index (χ0v) is 18.0. The number of hydrogen-bond donors (Lipinski definition) is 4. The van der Waals surface area contributed by atoms with E-state index in [1.54, 1.807) is 0 Å². The molecule has 1 fully saturated rings. The Balaban J connectivity index is 1.86. The number of nitrogens with two attached hydrogens (primary N) is 1. The fourth-order valence-corrected chi connectivity index (χ4v) is 5.04. The number of β-lactam (4-membered cyclic amide) rings is 1. The Hall–Kier alpha value is -3.33. The Morgan fingerprint density at radius 3 is 2.58 bits per heavy atom. The number of allylic oxidation sites excluding steroid dienone is 2. The van der Waals surface area contributed by atoms with Gasteiger partial charge in [-0.25, -0.2) is 22.9 Å². The molecule has 0 unspecified atom stereocenters. The van der Waals surface area contributed by atoms with Crippen molar-refractivity contribution in [1.82, 2.24) is 15.2 Å². The van der Waals surface area contributed by atoms with Crippen molar-refractivity contribution < 1.29 is 42.6 Å². The lowest BCUT2D eigenvalue weighted by Crippen LogP contribution is -2.70. The van der Waals surface area contributed by atoms with Crippen LogP contribution in [0.15, 0.2) is 34.4 Å². The molecule has 0 saturated carbocycles. The van der Waals surface area contributed by atoms with Gasteiger partial charge in [0, 0.05) is 16.7 Å². The summed E-state index contributed by atoms with van der Waals surface area (Å²) in [5.74, 6) is -8.61. The molecule has 3 heterocycles. The van der Waals surface area contributed by atoms with Gasteiger partial charge in [0.2, 0.25) is 0 Å². The highest BCUT2D eigenvalue weighted by Gasteiger charge is 2.55. The molecule has 2 amide bonds. The first-order valence-electron chi connectivity index (χ1n) is 9.02. The summed E-state index contributed by atoms with van der Waals surface area (Å²) in [5.41, 5.74) is 3.95. The number of thioether (sulfide) groups is 1. The third-order valence-electron chi connectivity index (χ3n) is 4.60. The van der Waals surface area contributed by atoms with E-state index in [1.807, 2.05) is 0 Å². The molecule has 3 rings (SSSR count). The molecule has 5 N–H and O–H groups in total. The van der Waals surface area contributed by atoms with Crippen LogP contribution in [-0.4, -0.2) is 67.7 Å². The Labute approximate surface area is 191 Å². The molecule has 0 radical (unpaired) electrons. The summed E-state index contributed by atoms with van der Waals surface area (Å²) in [6.07, 6.45) is 0.561. The van der Waals surface area contributed by atoms with E-state index in [4.69, 9.17) is 10.8 Å². The van der Waals surface area contributed by atoms with Crippen molar-refractivity contribution >= 4 is 57.6 Å².